The molecular formula is C12H17NO4S. The Morgan fingerprint density at radius 1 is 1.39 bits per heavy atom. The van der Waals surface area contributed by atoms with E-state index in [1.165, 1.54) is 30.0 Å². The number of nitrogens with one attached hydrogen (secondary N) is 1. The van der Waals surface area contributed by atoms with Crippen LogP contribution in [0, 0.1) is 0 Å². The summed E-state index contributed by atoms with van der Waals surface area (Å²) in [7, 11) is 0. The molecule has 2 unspecified atom stereocenters. The van der Waals surface area contributed by atoms with Crippen LogP contribution in [-0.2, 0) is 0 Å². The van der Waals surface area contributed by atoms with Crippen molar-refractivity contribution in [3.05, 3.63) is 23.8 Å². The Morgan fingerprint density at radius 2 is 2.06 bits per heavy atom. The number of thioether (sulfide) groups is 1. The number of carbonyl (C=O) groups is 1. The van der Waals surface area contributed by atoms with Crippen molar-refractivity contribution < 1.29 is 20.1 Å². The van der Waals surface area contributed by atoms with Crippen LogP contribution in [0.2, 0.25) is 0 Å². The fourth-order valence-electron chi connectivity index (χ4n) is 1.48. The molecule has 0 fully saturated rings. The van der Waals surface area contributed by atoms with Crippen molar-refractivity contribution in [2.24, 2.45) is 0 Å². The lowest BCUT2D eigenvalue weighted by Crippen LogP contribution is -2.41. The highest BCUT2D eigenvalue weighted by Crippen LogP contribution is 2.24. The van der Waals surface area contributed by atoms with E-state index in [4.69, 9.17) is 10.2 Å². The van der Waals surface area contributed by atoms with Crippen LogP contribution in [0.4, 0.5) is 0 Å². The molecule has 4 N–H and O–H groups in total. The number of aromatic hydroxyl groups is 2. The fourth-order valence-corrected chi connectivity index (χ4v) is 2.11. The minimum Gasteiger partial charge on any atom is -0.504 e. The highest BCUT2D eigenvalue weighted by atomic mass is 32.2. The molecule has 5 nitrogen and oxygen atoms in total. The van der Waals surface area contributed by atoms with E-state index >= 15 is 0 Å². The monoisotopic (exact) mass is 271 g/mol. The van der Waals surface area contributed by atoms with Gasteiger partial charge in [0.1, 0.15) is 0 Å². The van der Waals surface area contributed by atoms with Crippen LogP contribution in [0.25, 0.3) is 0 Å². The van der Waals surface area contributed by atoms with Gasteiger partial charge in [-0.2, -0.15) is 11.8 Å². The molecule has 2 atom stereocenters. The number of phenolic OH excluding ortho intramolecular Hbond substituents is 2. The van der Waals surface area contributed by atoms with Crippen molar-refractivity contribution in [2.45, 2.75) is 18.2 Å². The van der Waals surface area contributed by atoms with Crippen LogP contribution in [0.5, 0.6) is 11.5 Å². The van der Waals surface area contributed by atoms with Crippen molar-refractivity contribution in [1.29, 1.82) is 0 Å². The van der Waals surface area contributed by atoms with Gasteiger partial charge in [0.25, 0.3) is 5.91 Å². The van der Waals surface area contributed by atoms with Gasteiger partial charge in [0.15, 0.2) is 11.5 Å². The van der Waals surface area contributed by atoms with Gasteiger partial charge in [0.05, 0.1) is 6.61 Å². The third-order valence-corrected chi connectivity index (χ3v) is 3.80. The zero-order valence-corrected chi connectivity index (χ0v) is 11.1. The average Bonchev–Trinajstić information content (AvgIpc) is 2.34. The van der Waals surface area contributed by atoms with E-state index in [0.29, 0.717) is 0 Å². The van der Waals surface area contributed by atoms with Crippen LogP contribution >= 0.6 is 11.8 Å². The molecule has 1 rings (SSSR count). The van der Waals surface area contributed by atoms with Gasteiger partial charge in [-0.1, -0.05) is 0 Å². The van der Waals surface area contributed by atoms with Crippen LogP contribution < -0.4 is 5.32 Å². The zero-order chi connectivity index (χ0) is 13.7. The molecule has 1 amide bonds. The van der Waals surface area contributed by atoms with Gasteiger partial charge in [0, 0.05) is 16.9 Å². The Hall–Kier alpha value is -1.40. The van der Waals surface area contributed by atoms with E-state index in [0.717, 1.165) is 0 Å². The van der Waals surface area contributed by atoms with Gasteiger partial charge in [-0.25, -0.2) is 0 Å². The summed E-state index contributed by atoms with van der Waals surface area (Å²) in [6.07, 6.45) is 1.86. The first-order valence-electron chi connectivity index (χ1n) is 5.46. The second-order valence-corrected chi connectivity index (χ2v) is 5.00. The molecule has 100 valence electrons. The fraction of sp³-hybridized carbons (Fsp3) is 0.417. The second-order valence-electron chi connectivity index (χ2n) is 3.92. The predicted molar refractivity (Wildman–Crippen MR) is 71.1 cm³/mol. The van der Waals surface area contributed by atoms with Gasteiger partial charge in [-0.3, -0.25) is 4.79 Å². The first-order valence-corrected chi connectivity index (χ1v) is 6.75. The highest BCUT2D eigenvalue weighted by molar-refractivity contribution is 7.99. The number of benzene rings is 1. The first kappa shape index (κ1) is 14.7. The van der Waals surface area contributed by atoms with Gasteiger partial charge in [-0.15, -0.1) is 0 Å². The summed E-state index contributed by atoms with van der Waals surface area (Å²) in [5.74, 6) is -0.957. The van der Waals surface area contributed by atoms with Gasteiger partial charge in [-0.05, 0) is 31.4 Å². The maximum Gasteiger partial charge on any atom is 0.251 e. The minimum atomic E-state index is -0.356. The Balaban J connectivity index is 2.73. The molecule has 0 aliphatic carbocycles. The van der Waals surface area contributed by atoms with Crippen molar-refractivity contribution in [2.75, 3.05) is 12.9 Å². The number of phenols is 2. The number of amides is 1. The molecule has 0 aliphatic rings. The highest BCUT2D eigenvalue weighted by Gasteiger charge is 2.18. The van der Waals surface area contributed by atoms with Gasteiger partial charge < -0.3 is 20.6 Å². The largest absolute Gasteiger partial charge is 0.504 e. The van der Waals surface area contributed by atoms with Crippen LogP contribution in [-0.4, -0.2) is 45.4 Å². The lowest BCUT2D eigenvalue weighted by atomic mass is 10.1. The number of rotatable bonds is 5. The molecular weight excluding hydrogens is 254 g/mol. The number of hydrogen-bond donors (Lipinski definition) is 4. The maximum absolute atomic E-state index is 11.9. The third kappa shape index (κ3) is 3.54. The Labute approximate surface area is 110 Å². The summed E-state index contributed by atoms with van der Waals surface area (Å²) >= 11 is 1.47. The summed E-state index contributed by atoms with van der Waals surface area (Å²) in [5.41, 5.74) is 0.259. The molecule has 0 aliphatic heterocycles. The topological polar surface area (TPSA) is 89.8 Å². The molecule has 1 aromatic rings. The van der Waals surface area contributed by atoms with E-state index < -0.39 is 0 Å². The minimum absolute atomic E-state index is 0.0244. The Kier molecular flexibility index (Phi) is 5.30. The molecule has 0 saturated carbocycles. The summed E-state index contributed by atoms with van der Waals surface area (Å²) in [6, 6.07) is 3.68. The number of hydrogen-bond acceptors (Lipinski definition) is 5. The molecule has 0 spiro atoms. The van der Waals surface area contributed by atoms with E-state index in [-0.39, 0.29) is 40.9 Å². The normalized spacial score (nSPS) is 13.9. The summed E-state index contributed by atoms with van der Waals surface area (Å²) < 4.78 is 0. The van der Waals surface area contributed by atoms with Crippen molar-refractivity contribution >= 4 is 17.7 Å². The van der Waals surface area contributed by atoms with Crippen molar-refractivity contribution in [3.63, 3.8) is 0 Å². The lowest BCUT2D eigenvalue weighted by Gasteiger charge is -2.21. The molecule has 0 radical (unpaired) electrons. The van der Waals surface area contributed by atoms with Gasteiger partial charge >= 0.3 is 0 Å². The van der Waals surface area contributed by atoms with Crippen LogP contribution in [0.1, 0.15) is 17.3 Å². The Bertz CT molecular complexity index is 421. The van der Waals surface area contributed by atoms with E-state index in [9.17, 15) is 9.90 Å². The molecule has 0 heterocycles. The van der Waals surface area contributed by atoms with Gasteiger partial charge in [0.2, 0.25) is 0 Å². The second kappa shape index (κ2) is 6.51. The summed E-state index contributed by atoms with van der Waals surface area (Å²) in [6.45, 7) is 1.78. The lowest BCUT2D eigenvalue weighted by molar-refractivity contribution is 0.0935. The molecule has 1 aromatic carbocycles. The molecule has 0 aromatic heterocycles. The average molecular weight is 271 g/mol. The SMILES string of the molecule is CSC(CO)C(C)NC(=O)c1ccc(O)c(O)c1. The summed E-state index contributed by atoms with van der Waals surface area (Å²) in [5, 5.41) is 30.2. The smallest absolute Gasteiger partial charge is 0.251 e. The standard InChI is InChI=1S/C12H17NO4S/c1-7(11(6-14)18-2)13-12(17)8-3-4-9(15)10(16)5-8/h3-5,7,11,14-16H,6H2,1-2H3,(H,13,17). The summed E-state index contributed by atoms with van der Waals surface area (Å²) in [4.78, 5) is 11.9. The molecule has 0 saturated heterocycles. The predicted octanol–water partition coefficient (Wildman–Crippen LogP) is 0.940. The van der Waals surface area contributed by atoms with Crippen LogP contribution in [0.15, 0.2) is 18.2 Å². The van der Waals surface area contributed by atoms with Crippen LogP contribution in [0.3, 0.4) is 0 Å². The van der Waals surface area contributed by atoms with E-state index in [1.807, 2.05) is 6.26 Å². The first-order chi connectivity index (χ1) is 8.49. The quantitative estimate of drug-likeness (QED) is 0.598. The van der Waals surface area contributed by atoms with E-state index in [2.05, 4.69) is 5.32 Å². The number of aliphatic hydroxyl groups is 1. The number of aliphatic hydroxyl groups excluding tert-OH is 1. The Morgan fingerprint density at radius 3 is 2.56 bits per heavy atom. The third-order valence-electron chi connectivity index (χ3n) is 2.64. The molecule has 0 bridgehead atoms. The van der Waals surface area contributed by atoms with E-state index in [1.54, 1.807) is 6.92 Å². The zero-order valence-electron chi connectivity index (χ0n) is 10.3. The molecule has 6 heteroatoms. The molecule has 18 heavy (non-hydrogen) atoms. The van der Waals surface area contributed by atoms with Crippen molar-refractivity contribution in [1.82, 2.24) is 5.32 Å². The maximum atomic E-state index is 11.9. The number of carbonyl (C=O) groups excluding carboxylic acids is 1. The van der Waals surface area contributed by atoms with Crippen molar-refractivity contribution in [3.8, 4) is 11.5 Å².